The van der Waals surface area contributed by atoms with Crippen LogP contribution in [0.4, 0.5) is 0 Å². The smallest absolute Gasteiger partial charge is 0.0696 e. The average Bonchev–Trinajstić information content (AvgIpc) is 2.14. The molecule has 0 aromatic heterocycles. The summed E-state index contributed by atoms with van der Waals surface area (Å²) in [5.74, 6) is 0. The normalized spacial score (nSPS) is 15.2. The molecule has 0 saturated carbocycles. The third kappa shape index (κ3) is 4.05. The van der Waals surface area contributed by atoms with Gasteiger partial charge in [-0.05, 0) is 16.6 Å². The second-order valence-corrected chi connectivity index (χ2v) is 41.2. The van der Waals surface area contributed by atoms with Crippen LogP contribution in [0.15, 0.2) is 0 Å². The van der Waals surface area contributed by atoms with Gasteiger partial charge in [0.15, 0.2) is 0 Å². The molecule has 0 rings (SSSR count). The maximum Gasteiger partial charge on any atom is 0.0696 e. The van der Waals surface area contributed by atoms with Crippen molar-refractivity contribution in [2.24, 2.45) is 0 Å². The molecule has 0 aliphatic rings. The SMILES string of the molecule is CC(C)[Si](C)(C)P([Si](C)(C)C(C)C)[Si](C)(C)C(C)C. The van der Waals surface area contributed by atoms with Gasteiger partial charge < -0.3 is 0 Å². The third-order valence-corrected chi connectivity index (χ3v) is 64.0. The van der Waals surface area contributed by atoms with Gasteiger partial charge in [-0.1, -0.05) is 80.8 Å². The zero-order valence-corrected chi connectivity index (χ0v) is 19.6. The molecule has 0 amide bonds. The fraction of sp³-hybridized carbons (Fsp3) is 1.00. The van der Waals surface area contributed by atoms with Crippen molar-refractivity contribution in [1.82, 2.24) is 0 Å². The fourth-order valence-corrected chi connectivity index (χ4v) is 81.1. The maximum absolute atomic E-state index is 2.72. The van der Waals surface area contributed by atoms with Crippen molar-refractivity contribution in [2.75, 3.05) is 0 Å². The van der Waals surface area contributed by atoms with Gasteiger partial charge in [0.2, 0.25) is 0 Å². The minimum absolute atomic E-state index is 0.308. The molecule has 0 saturated heterocycles. The van der Waals surface area contributed by atoms with E-state index in [2.05, 4.69) is 80.8 Å². The van der Waals surface area contributed by atoms with Crippen LogP contribution in [0.25, 0.3) is 0 Å². The second kappa shape index (κ2) is 6.46. The highest BCUT2D eigenvalue weighted by atomic mass is 31.8. The van der Waals surface area contributed by atoms with E-state index in [-0.39, 0.29) is 0 Å². The molecule has 0 fully saturated rings. The molecule has 0 spiro atoms. The fourth-order valence-electron chi connectivity index (χ4n) is 3.00. The van der Waals surface area contributed by atoms with E-state index in [9.17, 15) is 0 Å². The van der Waals surface area contributed by atoms with Crippen molar-refractivity contribution in [2.45, 2.75) is 97.4 Å². The van der Waals surface area contributed by atoms with E-state index < -0.39 is 23.2 Å². The first-order valence-electron chi connectivity index (χ1n) is 8.00. The van der Waals surface area contributed by atoms with Crippen LogP contribution >= 0.6 is 6.57 Å². The average molecular weight is 335 g/mol. The molecule has 0 aliphatic heterocycles. The zero-order chi connectivity index (χ0) is 15.8. The predicted molar refractivity (Wildman–Crippen MR) is 105 cm³/mol. The maximum atomic E-state index is 2.72. The van der Waals surface area contributed by atoms with Gasteiger partial charge >= 0.3 is 0 Å². The standard InChI is InChI=1S/C15H39PSi3/c1-13(2)17(7,8)16(18(9,10)14(3)4)19(11,12)15(5)6/h13-15H,1-12H3. The molecule has 0 heterocycles. The lowest BCUT2D eigenvalue weighted by molar-refractivity contribution is 1.02. The molecule has 0 aliphatic carbocycles. The molecule has 0 unspecified atom stereocenters. The van der Waals surface area contributed by atoms with Gasteiger partial charge in [-0.15, -0.1) is 6.57 Å². The number of hydrogen-bond donors (Lipinski definition) is 0. The Labute approximate surface area is 127 Å². The van der Waals surface area contributed by atoms with E-state index >= 15 is 0 Å². The lowest BCUT2D eigenvalue weighted by Crippen LogP contribution is -2.51. The summed E-state index contributed by atoms with van der Waals surface area (Å²) in [4.78, 5) is 0. The van der Waals surface area contributed by atoms with Crippen molar-refractivity contribution in [1.29, 1.82) is 0 Å². The summed E-state index contributed by atoms with van der Waals surface area (Å²) in [7, 11) is -3.35. The molecular formula is C15H39PSi3. The topological polar surface area (TPSA) is 0 Å². The Morgan fingerprint density at radius 2 is 0.632 bits per heavy atom. The third-order valence-electron chi connectivity index (χ3n) is 5.97. The largest absolute Gasteiger partial charge is 0.139 e. The van der Waals surface area contributed by atoms with Crippen LogP contribution in [0.1, 0.15) is 41.5 Å². The first kappa shape index (κ1) is 20.1. The van der Waals surface area contributed by atoms with E-state index in [0.717, 1.165) is 16.6 Å². The van der Waals surface area contributed by atoms with Gasteiger partial charge in [-0.3, -0.25) is 0 Å². The molecule has 0 aromatic rings. The van der Waals surface area contributed by atoms with Crippen LogP contribution in [0.5, 0.6) is 0 Å². The Balaban J connectivity index is 5.93. The summed E-state index contributed by atoms with van der Waals surface area (Å²) in [5.41, 5.74) is 2.82. The van der Waals surface area contributed by atoms with Gasteiger partial charge in [0.25, 0.3) is 0 Å². The van der Waals surface area contributed by atoms with Crippen molar-refractivity contribution in [3.63, 3.8) is 0 Å². The first-order valence-corrected chi connectivity index (χ1v) is 21.1. The molecule has 4 heteroatoms. The molecule has 0 aromatic carbocycles. The Morgan fingerprint density at radius 3 is 0.737 bits per heavy atom. The Hall–Kier alpha value is 1.08. The number of rotatable bonds is 6. The minimum atomic E-state index is -1.12. The van der Waals surface area contributed by atoms with Crippen LogP contribution < -0.4 is 0 Å². The van der Waals surface area contributed by atoms with E-state index in [1.807, 2.05) is 0 Å². The molecule has 0 nitrogen and oxygen atoms in total. The monoisotopic (exact) mass is 334 g/mol. The highest BCUT2D eigenvalue weighted by molar-refractivity contribution is 8.37. The lowest BCUT2D eigenvalue weighted by atomic mass is 10.6. The molecular weight excluding hydrogens is 295 g/mol. The molecule has 0 N–H and O–H groups in total. The van der Waals surface area contributed by atoms with E-state index in [0.29, 0.717) is 6.57 Å². The highest BCUT2D eigenvalue weighted by Crippen LogP contribution is 2.69. The van der Waals surface area contributed by atoms with Crippen LogP contribution in [0, 0.1) is 0 Å². The molecule has 0 radical (unpaired) electrons. The van der Waals surface area contributed by atoms with Crippen LogP contribution in [0.2, 0.25) is 55.9 Å². The summed E-state index contributed by atoms with van der Waals surface area (Å²) in [5, 5.41) is 0. The summed E-state index contributed by atoms with van der Waals surface area (Å²) in [6.45, 7) is 31.7. The van der Waals surface area contributed by atoms with Gasteiger partial charge in [-0.25, -0.2) is 0 Å². The lowest BCUT2D eigenvalue weighted by Gasteiger charge is -2.56. The number of hydrogen-bond acceptors (Lipinski definition) is 0. The van der Waals surface area contributed by atoms with Gasteiger partial charge in [0.1, 0.15) is 0 Å². The molecule has 0 bridgehead atoms. The van der Waals surface area contributed by atoms with Crippen molar-refractivity contribution in [3.8, 4) is 0 Å². The summed E-state index contributed by atoms with van der Waals surface area (Å²) < 4.78 is 0. The highest BCUT2D eigenvalue weighted by Gasteiger charge is 2.53. The van der Waals surface area contributed by atoms with E-state index in [1.165, 1.54) is 0 Å². The predicted octanol–water partition coefficient (Wildman–Crippen LogP) is 7.31. The quantitative estimate of drug-likeness (QED) is 0.353. The van der Waals surface area contributed by atoms with Gasteiger partial charge in [0, 0.05) is 0 Å². The minimum Gasteiger partial charge on any atom is -0.139 e. The van der Waals surface area contributed by atoms with Crippen molar-refractivity contribution >= 4 is 29.8 Å². The van der Waals surface area contributed by atoms with Crippen LogP contribution in [-0.4, -0.2) is 23.2 Å². The van der Waals surface area contributed by atoms with Crippen LogP contribution in [-0.2, 0) is 0 Å². The van der Waals surface area contributed by atoms with Crippen molar-refractivity contribution in [3.05, 3.63) is 0 Å². The molecule has 19 heavy (non-hydrogen) atoms. The zero-order valence-electron chi connectivity index (χ0n) is 15.7. The molecule has 116 valence electrons. The second-order valence-electron chi connectivity index (χ2n) is 8.76. The van der Waals surface area contributed by atoms with E-state index in [4.69, 9.17) is 0 Å². The Kier molecular flexibility index (Phi) is 6.82. The summed E-state index contributed by atoms with van der Waals surface area (Å²) >= 11 is 0. The first-order chi connectivity index (χ1) is 8.20. The van der Waals surface area contributed by atoms with Crippen LogP contribution in [0.3, 0.4) is 0 Å². The van der Waals surface area contributed by atoms with Gasteiger partial charge in [-0.2, -0.15) is 0 Å². The Bertz CT molecular complexity index is 246. The summed E-state index contributed by atoms with van der Waals surface area (Å²) in [6.07, 6.45) is 0. The Morgan fingerprint density at radius 1 is 0.474 bits per heavy atom. The van der Waals surface area contributed by atoms with Gasteiger partial charge in [0.05, 0.1) is 23.2 Å². The molecule has 0 atom stereocenters. The van der Waals surface area contributed by atoms with Crippen molar-refractivity contribution < 1.29 is 0 Å². The summed E-state index contributed by atoms with van der Waals surface area (Å²) in [6, 6.07) is 0. The van der Waals surface area contributed by atoms with E-state index in [1.54, 1.807) is 0 Å².